The first-order chi connectivity index (χ1) is 63.2. The average molecular weight is 2010 g/mol. The Bertz CT molecular complexity index is 8230. The number of azo groups is 2. The molecule has 6 heterocycles. The molecule has 12 N–H and O–H groups in total. The molecule has 0 atom stereocenters. The third kappa shape index (κ3) is 22.5. The molecule has 0 aliphatic carbocycles. The zero-order valence-electron chi connectivity index (χ0n) is 70.2. The van der Waals surface area contributed by atoms with Gasteiger partial charge < -0.3 is 56.1 Å². The van der Waals surface area contributed by atoms with Crippen LogP contribution in [0.2, 0.25) is 0 Å². The summed E-state index contributed by atoms with van der Waals surface area (Å²) in [6.07, 6.45) is 2.53. The van der Waals surface area contributed by atoms with E-state index in [-0.39, 0.29) is 47.6 Å². The third-order valence-corrected chi connectivity index (χ3v) is 23.7. The Hall–Kier alpha value is -14.5. The van der Waals surface area contributed by atoms with Gasteiger partial charge in [0, 0.05) is 72.1 Å². The van der Waals surface area contributed by atoms with Gasteiger partial charge in [0.05, 0.1) is 74.6 Å². The summed E-state index contributed by atoms with van der Waals surface area (Å²) < 4.78 is 218. The molecule has 2 aliphatic heterocycles. The van der Waals surface area contributed by atoms with Crippen LogP contribution in [0, 0.1) is 6.92 Å². The van der Waals surface area contributed by atoms with Crippen LogP contribution < -0.4 is 30.6 Å². The van der Waals surface area contributed by atoms with Gasteiger partial charge in [-0.2, -0.15) is 65.5 Å². The van der Waals surface area contributed by atoms with Crippen molar-refractivity contribution in [2.24, 2.45) is 20.5 Å². The van der Waals surface area contributed by atoms with E-state index in [9.17, 15) is 87.3 Å². The number of rotatable bonds is 15. The quantitative estimate of drug-likeness (QED) is 0.0258. The number of benzene rings is 13. The van der Waals surface area contributed by atoms with Gasteiger partial charge in [0.1, 0.15) is 21.2 Å². The molecule has 49 heteroatoms. The van der Waals surface area contributed by atoms with Crippen molar-refractivity contribution in [2.45, 2.75) is 26.5 Å². The Morgan fingerprint density at radius 3 is 0.926 bits per heavy atom. The maximum absolute atomic E-state index is 12.9. The first-order valence-electron chi connectivity index (χ1n) is 38.6. The third-order valence-electron chi connectivity index (χ3n) is 19.6. The van der Waals surface area contributed by atoms with Gasteiger partial charge in [0.15, 0.2) is 11.5 Å². The normalized spacial score (nSPS) is 12.2. The van der Waals surface area contributed by atoms with Gasteiger partial charge in [-0.25, -0.2) is 23.1 Å². The minimum absolute atomic E-state index is 0. The predicted octanol–water partition coefficient (Wildman–Crippen LogP) is 15.6. The molecule has 8 bridgehead atoms. The zero-order valence-corrected chi connectivity index (χ0v) is 78.8. The number of nitrogens with zero attached hydrogens (tertiary/aromatic N) is 15. The molecule has 19 rings (SSSR count). The number of fused-ring (bicyclic) bond motifs is 24. The number of hydrogen-bond acceptors (Lipinski definition) is 32. The van der Waals surface area contributed by atoms with Crippen LogP contribution in [-0.2, 0) is 90.2 Å². The summed E-state index contributed by atoms with van der Waals surface area (Å²) in [5.74, 6) is -1.14. The van der Waals surface area contributed by atoms with E-state index in [0.29, 0.717) is 74.9 Å². The number of aryl methyl sites for hydroxylation is 1. The molecule has 0 saturated carbocycles. The van der Waals surface area contributed by atoms with Crippen molar-refractivity contribution in [3.05, 3.63) is 248 Å². The summed E-state index contributed by atoms with van der Waals surface area (Å²) >= 11 is 0. The van der Waals surface area contributed by atoms with Gasteiger partial charge >= 0.3 is 19.5 Å². The van der Waals surface area contributed by atoms with Gasteiger partial charge in [-0.1, -0.05) is 182 Å². The largest absolute Gasteiger partial charge is 2.00 e. The first-order valence-corrected chi connectivity index (χ1v) is 49.9. The van der Waals surface area contributed by atoms with Crippen molar-refractivity contribution < 1.29 is 116 Å². The van der Waals surface area contributed by atoms with Crippen LogP contribution in [0.5, 0.6) is 11.5 Å². The van der Waals surface area contributed by atoms with Gasteiger partial charge in [0.2, 0.25) is 27.9 Å². The number of anilines is 6. The molecular weight excluding hydrogens is 1940 g/mol. The molecule has 17 aromatic rings. The number of aromatic hydroxyl groups is 2. The van der Waals surface area contributed by atoms with Crippen molar-refractivity contribution >= 4 is 216 Å². The van der Waals surface area contributed by atoms with Gasteiger partial charge in [0.25, 0.3) is 60.7 Å². The SMILES string of the molecule is CNS(C)(=O)=O.CS(=O)(=O)O.CS(=O)(=O)O.Cc1cccc(Nc2nc(Nc3cc(S(=O)(=O)O)cc4cc(S(=O)(=O)O)c(N=Nc5cccc6ccccc56)c(O)c34)nc(Nc3cc(S(=O)(=O)O)cc4cc(S(=O)(=O)O)c(N=Nc5cccc6ccccc56)c(O)c34)n2)c1.[Zn+2].c1ccc2c(c1)-c1nc-2nc2[n-]c(nc3nc(nc4[n-]c(n1)c1ccccc41)-c1ccccc1-3)c1ccccc21. The summed E-state index contributed by atoms with van der Waals surface area (Å²) in [4.78, 5) is 48.7. The fourth-order valence-corrected chi connectivity index (χ4v) is 16.3. The molecule has 0 fully saturated rings. The van der Waals surface area contributed by atoms with Gasteiger partial charge in [-0.05, 0) is 123 Å². The molecule has 13 aromatic carbocycles. The molecular formula is C86H67N19O22S7Zn. The molecule has 135 heavy (non-hydrogen) atoms. The fourth-order valence-electron chi connectivity index (χ4n) is 13.9. The van der Waals surface area contributed by atoms with Crippen LogP contribution in [0.25, 0.3) is 133 Å². The van der Waals surface area contributed by atoms with Crippen LogP contribution in [0.15, 0.2) is 283 Å². The molecule has 0 saturated heterocycles. The van der Waals surface area contributed by atoms with Crippen molar-refractivity contribution in [3.8, 4) is 57.1 Å². The molecule has 2 aliphatic rings. The summed E-state index contributed by atoms with van der Waals surface area (Å²) in [7, 11) is -29.7. The van der Waals surface area contributed by atoms with Gasteiger partial charge in [-0.15, -0.1) is 20.5 Å². The summed E-state index contributed by atoms with van der Waals surface area (Å²) in [5.41, 5.74) is 4.87. The molecule has 0 unspecified atom stereocenters. The number of sulfonamides is 1. The Labute approximate surface area is 779 Å². The minimum atomic E-state index is -5.28. The van der Waals surface area contributed by atoms with E-state index in [1.165, 1.54) is 7.05 Å². The molecule has 682 valence electrons. The molecule has 0 spiro atoms. The summed E-state index contributed by atoms with van der Waals surface area (Å²) in [5, 5.41) is 53.5. The molecule has 4 aromatic heterocycles. The van der Waals surface area contributed by atoms with E-state index in [1.807, 2.05) is 97.1 Å². The van der Waals surface area contributed by atoms with Crippen LogP contribution in [0.3, 0.4) is 0 Å². The number of aromatic nitrogens is 11. The topological polar surface area (TPSA) is 643 Å². The predicted molar refractivity (Wildman–Crippen MR) is 500 cm³/mol. The second-order valence-corrected chi connectivity index (χ2v) is 39.7. The molecule has 0 amide bonds. The Morgan fingerprint density at radius 2 is 0.615 bits per heavy atom. The summed E-state index contributed by atoms with van der Waals surface area (Å²) in [6, 6.07) is 67.3. The van der Waals surface area contributed by atoms with E-state index in [2.05, 4.69) is 56.1 Å². The van der Waals surface area contributed by atoms with E-state index < -0.39 is 147 Å². The summed E-state index contributed by atoms with van der Waals surface area (Å²) in [6.45, 7) is 1.78. The van der Waals surface area contributed by atoms with E-state index in [1.54, 1.807) is 116 Å². The van der Waals surface area contributed by atoms with Crippen molar-refractivity contribution in [1.82, 2.24) is 59.5 Å². The molecule has 41 nitrogen and oxygen atoms in total. The minimum Gasteiger partial charge on any atom is -0.505 e. The van der Waals surface area contributed by atoms with Crippen LogP contribution in [0.4, 0.5) is 57.7 Å². The standard InChI is InChI=1S/C50H36N10O14S4.C32H16N8.C2H7NO2S.2CH4O3S.Zn/c1-26-9-6-14-31(19-26)51-48-54-49(52-38-24-32(75(63,64)65)20-29-22-40(77(69,70)71)44(46(61)42(29)38)59-57-36-17-7-12-27-10-2-4-15-34(27)36)56-50(55-48)53-39-25-33(76(66,67)68)21-30-23-41(78(72,73)74)45(47(62)43(30)39)60-58-37-18-8-13-28-11-3-5-16-35(28)37;1-2-10-18-17(9-1)25-33-26(18)38-28-21-13-5-6-14-22(21)30(35-28)40-32-24-16-8-7-15-23(24)31(36-32)39-29-20-12-4-3-11-19(20)27(34-29)37-25;1-3-6(2,4)5;2*1-5(2,3)4;/h2-25,61-62H,1H3,(H,63,64,65)(H,66,67,68)(H,69,70,71)(H,72,73,74)(H3,51,52,53,54,55,56);1-16H;3H,1-2H3;2*1H3,(H,2,3,4);/q;-2;;;;+2. The van der Waals surface area contributed by atoms with E-state index in [4.69, 9.17) is 49.0 Å². The maximum Gasteiger partial charge on any atom is 2.00 e. The van der Waals surface area contributed by atoms with E-state index in [0.717, 1.165) is 103 Å². The second-order valence-electron chi connectivity index (χ2n) is 29.2. The number of hydrogen-bond donors (Lipinski definition) is 12. The second kappa shape index (κ2) is 38.2. The van der Waals surface area contributed by atoms with Crippen LogP contribution >= 0.6 is 0 Å². The number of phenols is 2. The van der Waals surface area contributed by atoms with Crippen LogP contribution in [0.1, 0.15) is 5.56 Å². The van der Waals surface area contributed by atoms with E-state index >= 15 is 0 Å². The van der Waals surface area contributed by atoms with Crippen molar-refractivity contribution in [3.63, 3.8) is 0 Å². The smallest absolute Gasteiger partial charge is 0.505 e. The fraction of sp³-hybridized carbons (Fsp3) is 0.0581. The Balaban J connectivity index is 0.000000210. The zero-order chi connectivity index (χ0) is 95.9. The monoisotopic (exact) mass is 2010 g/mol. The van der Waals surface area contributed by atoms with Gasteiger partial charge in [-0.3, -0.25) is 27.3 Å². The number of nitrogens with one attached hydrogen (secondary N) is 4. The van der Waals surface area contributed by atoms with Crippen LogP contribution in [-0.4, -0.2) is 167 Å². The van der Waals surface area contributed by atoms with Crippen molar-refractivity contribution in [1.29, 1.82) is 0 Å². The Kier molecular flexibility index (Phi) is 27.3. The first kappa shape index (κ1) is 96.5. The molecule has 0 radical (unpaired) electrons. The average Bonchev–Trinajstić information content (AvgIpc) is 1.60. The number of phenolic OH excluding ortho intramolecular Hbond substituents is 2. The Morgan fingerprint density at radius 1 is 0.319 bits per heavy atom. The maximum atomic E-state index is 12.9. The van der Waals surface area contributed by atoms with Crippen molar-refractivity contribution in [2.75, 3.05) is 41.8 Å².